The molecule has 14 heteroatoms. The summed E-state index contributed by atoms with van der Waals surface area (Å²) < 4.78 is 5.46. The molecular formula is C17H22N4O10. The number of amides is 2. The van der Waals surface area contributed by atoms with Crippen LogP contribution >= 0.6 is 0 Å². The first-order chi connectivity index (χ1) is 14.7. The lowest BCUT2D eigenvalue weighted by molar-refractivity contribution is -0.789. The van der Waals surface area contributed by atoms with E-state index in [1.165, 1.54) is 18.2 Å². The van der Waals surface area contributed by atoms with Gasteiger partial charge in [0, 0.05) is 6.54 Å². The van der Waals surface area contributed by atoms with Gasteiger partial charge in [0.2, 0.25) is 0 Å². The minimum Gasteiger partial charge on any atom is -0.491 e. The molecule has 0 spiro atoms. The van der Waals surface area contributed by atoms with Crippen molar-refractivity contribution in [1.29, 1.82) is 0 Å². The van der Waals surface area contributed by atoms with Gasteiger partial charge in [0.15, 0.2) is 0 Å². The Morgan fingerprint density at radius 2 is 1.84 bits per heavy atom. The molecule has 2 N–H and O–H groups in total. The van der Waals surface area contributed by atoms with Gasteiger partial charge in [0.1, 0.15) is 31.2 Å². The van der Waals surface area contributed by atoms with Gasteiger partial charge >= 0.3 is 0 Å². The molecule has 1 aromatic rings. The molecule has 0 aromatic heterocycles. The normalized spacial score (nSPS) is 14.7. The van der Waals surface area contributed by atoms with Gasteiger partial charge in [-0.1, -0.05) is 6.92 Å². The van der Waals surface area contributed by atoms with Crippen LogP contribution in [0.15, 0.2) is 18.2 Å². The van der Waals surface area contributed by atoms with Crippen LogP contribution in [0.2, 0.25) is 0 Å². The highest BCUT2D eigenvalue weighted by Gasteiger charge is 2.38. The van der Waals surface area contributed by atoms with Crippen LogP contribution in [0.1, 0.15) is 34.1 Å². The van der Waals surface area contributed by atoms with Gasteiger partial charge < -0.3 is 24.8 Å². The summed E-state index contributed by atoms with van der Waals surface area (Å²) in [7, 11) is 0. The van der Waals surface area contributed by atoms with Crippen LogP contribution in [0.5, 0.6) is 5.75 Å². The summed E-state index contributed by atoms with van der Waals surface area (Å²) >= 11 is 0. The fourth-order valence-electron chi connectivity index (χ4n) is 2.81. The number of hydrogen-bond donors (Lipinski definition) is 2. The zero-order valence-corrected chi connectivity index (χ0v) is 16.6. The molecule has 2 atom stereocenters. The van der Waals surface area contributed by atoms with Crippen LogP contribution in [0.3, 0.4) is 0 Å². The van der Waals surface area contributed by atoms with Crippen molar-refractivity contribution in [3.63, 3.8) is 0 Å². The maximum absolute atomic E-state index is 12.6. The second kappa shape index (κ2) is 11.0. The van der Waals surface area contributed by atoms with E-state index < -0.39 is 47.3 Å². The molecule has 0 saturated heterocycles. The van der Waals surface area contributed by atoms with E-state index in [2.05, 4.69) is 15.0 Å². The number of rotatable bonds is 14. The predicted molar refractivity (Wildman–Crippen MR) is 101 cm³/mol. The number of aliphatic hydroxyl groups is 1. The largest absolute Gasteiger partial charge is 0.491 e. The van der Waals surface area contributed by atoms with Crippen LogP contribution in [0.25, 0.3) is 0 Å². The van der Waals surface area contributed by atoms with Gasteiger partial charge in [-0.15, -0.1) is 20.2 Å². The summed E-state index contributed by atoms with van der Waals surface area (Å²) in [4.78, 5) is 55.1. The number of ether oxygens (including phenoxy) is 1. The average molecular weight is 442 g/mol. The van der Waals surface area contributed by atoms with Crippen molar-refractivity contribution in [3.05, 3.63) is 49.6 Å². The molecule has 2 rings (SSSR count). The van der Waals surface area contributed by atoms with Crippen molar-refractivity contribution >= 4 is 11.8 Å². The number of fused-ring (bicyclic) bond motifs is 1. The van der Waals surface area contributed by atoms with Crippen molar-refractivity contribution in [3.8, 4) is 5.75 Å². The van der Waals surface area contributed by atoms with E-state index in [9.17, 15) is 34.9 Å². The van der Waals surface area contributed by atoms with E-state index >= 15 is 0 Å². The van der Waals surface area contributed by atoms with Gasteiger partial charge in [0.25, 0.3) is 22.0 Å². The Labute approximate surface area is 175 Å². The summed E-state index contributed by atoms with van der Waals surface area (Å²) in [5.41, 5.74) is 0.0358. The summed E-state index contributed by atoms with van der Waals surface area (Å²) in [6.45, 7) is 1.55. The fraction of sp³-hybridized carbons (Fsp3) is 0.529. The number of carbonyl (C=O) groups is 2. The Kier molecular flexibility index (Phi) is 8.45. The second-order valence-electron chi connectivity index (χ2n) is 6.57. The quantitative estimate of drug-likeness (QED) is 0.168. The third kappa shape index (κ3) is 6.75. The Balaban J connectivity index is 2.04. The zero-order chi connectivity index (χ0) is 23.0. The topological polar surface area (TPSA) is 184 Å². The maximum Gasteiger partial charge on any atom is 0.294 e. The average Bonchev–Trinajstić information content (AvgIpc) is 2.94. The SMILES string of the molecule is CCCNCC(O)COc1ccc2c(c1)C(=O)N(CC(CO[N+](=O)[O-])O[N+](=O)[O-])C2=O. The number of nitrogens with zero attached hydrogens (tertiary/aromatic N) is 3. The van der Waals surface area contributed by atoms with E-state index in [0.29, 0.717) is 11.4 Å². The Bertz CT molecular complexity index is 833. The van der Waals surface area contributed by atoms with Crippen molar-refractivity contribution in [2.75, 3.05) is 32.8 Å². The van der Waals surface area contributed by atoms with Crippen LogP contribution in [-0.2, 0) is 9.68 Å². The molecule has 0 aliphatic carbocycles. The molecule has 0 bridgehead atoms. The first kappa shape index (κ1) is 23.8. The van der Waals surface area contributed by atoms with Gasteiger partial charge in [-0.05, 0) is 31.2 Å². The van der Waals surface area contributed by atoms with E-state index in [0.717, 1.165) is 13.0 Å². The third-order valence-corrected chi connectivity index (χ3v) is 4.18. The number of benzene rings is 1. The lowest BCUT2D eigenvalue weighted by Crippen LogP contribution is -2.41. The minimum absolute atomic E-state index is 0.00357. The number of carbonyl (C=O) groups excluding carboxylic acids is 2. The highest BCUT2D eigenvalue weighted by molar-refractivity contribution is 6.21. The van der Waals surface area contributed by atoms with Crippen LogP contribution in [-0.4, -0.2) is 77.1 Å². The maximum atomic E-state index is 12.6. The van der Waals surface area contributed by atoms with Crippen LogP contribution < -0.4 is 10.1 Å². The highest BCUT2D eigenvalue weighted by atomic mass is 17.0. The molecule has 2 unspecified atom stereocenters. The summed E-state index contributed by atoms with van der Waals surface area (Å²) in [6.07, 6.45) is -1.42. The molecule has 0 fully saturated rings. The third-order valence-electron chi connectivity index (χ3n) is 4.18. The van der Waals surface area contributed by atoms with Crippen LogP contribution in [0.4, 0.5) is 0 Å². The number of aliphatic hydroxyl groups excluding tert-OH is 1. The molecule has 1 aliphatic heterocycles. The first-order valence-corrected chi connectivity index (χ1v) is 9.33. The molecule has 1 aliphatic rings. The standard InChI is InChI=1S/C17H22N4O10/c1-2-5-18-7-11(22)9-29-12-3-4-14-15(6-12)17(24)19(16(14)23)8-13(31-21(27)28)10-30-20(25)26/h3-4,6,11,13,18,22H,2,5,7-10H2,1H3. The molecule has 14 nitrogen and oxygen atoms in total. The van der Waals surface area contributed by atoms with Gasteiger partial charge in [-0.2, -0.15) is 0 Å². The lowest BCUT2D eigenvalue weighted by atomic mass is 10.1. The molecular weight excluding hydrogens is 420 g/mol. The van der Waals surface area contributed by atoms with Crippen molar-refractivity contribution in [2.45, 2.75) is 25.6 Å². The summed E-state index contributed by atoms with van der Waals surface area (Å²) in [5, 5.41) is 31.5. The highest BCUT2D eigenvalue weighted by Crippen LogP contribution is 2.27. The number of imide groups is 1. The first-order valence-electron chi connectivity index (χ1n) is 9.33. The lowest BCUT2D eigenvalue weighted by Gasteiger charge is -2.20. The molecule has 2 amide bonds. The number of hydrogen-bond acceptors (Lipinski definition) is 11. The summed E-state index contributed by atoms with van der Waals surface area (Å²) in [6, 6.07) is 4.11. The fourth-order valence-corrected chi connectivity index (χ4v) is 2.81. The molecule has 1 heterocycles. The van der Waals surface area contributed by atoms with Crippen molar-refractivity contribution in [1.82, 2.24) is 10.2 Å². The monoisotopic (exact) mass is 442 g/mol. The molecule has 0 radical (unpaired) electrons. The Morgan fingerprint density at radius 1 is 1.13 bits per heavy atom. The van der Waals surface area contributed by atoms with Gasteiger partial charge in [-0.25, -0.2) is 0 Å². The van der Waals surface area contributed by atoms with E-state index in [4.69, 9.17) is 4.74 Å². The Hall–Kier alpha value is -3.52. The Morgan fingerprint density at radius 3 is 2.48 bits per heavy atom. The van der Waals surface area contributed by atoms with E-state index in [1.807, 2.05) is 6.92 Å². The smallest absolute Gasteiger partial charge is 0.294 e. The molecule has 0 saturated carbocycles. The van der Waals surface area contributed by atoms with E-state index in [1.54, 1.807) is 0 Å². The predicted octanol–water partition coefficient (Wildman–Crippen LogP) is -0.193. The zero-order valence-electron chi connectivity index (χ0n) is 16.6. The number of nitrogens with one attached hydrogen (secondary N) is 1. The van der Waals surface area contributed by atoms with Gasteiger partial charge in [0.05, 0.1) is 17.7 Å². The van der Waals surface area contributed by atoms with E-state index in [-0.39, 0.29) is 23.5 Å². The summed E-state index contributed by atoms with van der Waals surface area (Å²) in [5.74, 6) is -1.27. The van der Waals surface area contributed by atoms with Crippen LogP contribution in [0, 0.1) is 20.2 Å². The van der Waals surface area contributed by atoms with Crippen molar-refractivity contribution in [2.24, 2.45) is 0 Å². The molecule has 1 aromatic carbocycles. The second-order valence-corrected chi connectivity index (χ2v) is 6.57. The molecule has 31 heavy (non-hydrogen) atoms. The minimum atomic E-state index is -1.55. The van der Waals surface area contributed by atoms with Crippen molar-refractivity contribution < 1.29 is 39.3 Å². The van der Waals surface area contributed by atoms with Gasteiger partial charge in [-0.3, -0.25) is 14.5 Å². The molecule has 170 valence electrons.